The zero-order valence-corrected chi connectivity index (χ0v) is 13.1. The van der Waals surface area contributed by atoms with E-state index in [4.69, 9.17) is 4.74 Å². The van der Waals surface area contributed by atoms with Crippen LogP contribution in [0, 0.1) is 0 Å². The van der Waals surface area contributed by atoms with Crippen molar-refractivity contribution in [2.45, 2.75) is 31.2 Å². The first kappa shape index (κ1) is 15.1. The Morgan fingerprint density at radius 1 is 1.21 bits per heavy atom. The molecule has 1 aromatic heterocycles. The number of benzene rings is 1. The average Bonchev–Trinajstić information content (AvgIpc) is 3.07. The normalized spacial score (nSPS) is 22.4. The summed E-state index contributed by atoms with van der Waals surface area (Å²) in [4.78, 5) is 12.3. The number of hydrogen-bond donors (Lipinski definition) is 2. The van der Waals surface area contributed by atoms with Gasteiger partial charge in [-0.1, -0.05) is 30.3 Å². The van der Waals surface area contributed by atoms with E-state index in [1.165, 1.54) is 0 Å². The monoisotopic (exact) mass is 330 g/mol. The summed E-state index contributed by atoms with van der Waals surface area (Å²) in [5.74, 6) is 0.292. The number of alkyl halides is 1. The Hall–Kier alpha value is -2.41. The van der Waals surface area contributed by atoms with E-state index in [9.17, 15) is 9.18 Å². The first-order valence-electron chi connectivity index (χ1n) is 8.15. The van der Waals surface area contributed by atoms with Crippen molar-refractivity contribution < 1.29 is 13.9 Å². The van der Waals surface area contributed by atoms with Crippen LogP contribution < -0.4 is 10.6 Å². The molecule has 0 bridgehead atoms. The molecular formula is C17H19FN4O2. The van der Waals surface area contributed by atoms with Crippen molar-refractivity contribution in [1.29, 1.82) is 0 Å². The molecule has 6 nitrogen and oxygen atoms in total. The number of hydrogen-bond acceptors (Lipinski definition) is 4. The molecule has 2 N–H and O–H groups in total. The highest BCUT2D eigenvalue weighted by molar-refractivity contribution is 6.00. The van der Waals surface area contributed by atoms with Gasteiger partial charge in [0.15, 0.2) is 6.17 Å². The number of amides is 1. The number of aromatic nitrogens is 2. The van der Waals surface area contributed by atoms with Crippen molar-refractivity contribution >= 4 is 11.7 Å². The maximum absolute atomic E-state index is 14.8. The molecule has 3 heterocycles. The molecule has 1 fully saturated rings. The van der Waals surface area contributed by atoms with Crippen LogP contribution in [0.25, 0.3) is 0 Å². The second kappa shape index (κ2) is 6.24. The summed E-state index contributed by atoms with van der Waals surface area (Å²) < 4.78 is 22.0. The van der Waals surface area contributed by atoms with Crippen LogP contribution in [-0.2, 0) is 4.74 Å². The van der Waals surface area contributed by atoms with Crippen molar-refractivity contribution in [2.24, 2.45) is 0 Å². The van der Waals surface area contributed by atoms with Crippen LogP contribution in [-0.4, -0.2) is 35.1 Å². The number of anilines is 1. The number of fused-ring (bicyclic) bond motifs is 1. The van der Waals surface area contributed by atoms with E-state index in [0.29, 0.717) is 30.2 Å². The van der Waals surface area contributed by atoms with Crippen LogP contribution in [0.2, 0.25) is 0 Å². The highest BCUT2D eigenvalue weighted by Crippen LogP contribution is 2.32. The quantitative estimate of drug-likeness (QED) is 0.907. The first-order chi connectivity index (χ1) is 11.7. The number of halogens is 1. The molecule has 24 heavy (non-hydrogen) atoms. The van der Waals surface area contributed by atoms with Crippen molar-refractivity contribution in [3.63, 3.8) is 0 Å². The Morgan fingerprint density at radius 2 is 1.96 bits per heavy atom. The second-order valence-corrected chi connectivity index (χ2v) is 6.10. The van der Waals surface area contributed by atoms with Crippen molar-refractivity contribution in [1.82, 2.24) is 15.1 Å². The highest BCUT2D eigenvalue weighted by Gasteiger charge is 2.34. The third-order valence-corrected chi connectivity index (χ3v) is 4.57. The number of carbonyl (C=O) groups excluding carboxylic acids is 1. The molecule has 2 aliphatic heterocycles. The lowest BCUT2D eigenvalue weighted by atomic mass is 10.1. The standard InChI is InChI=1S/C17H19FN4O2/c18-14(11-4-2-1-3-5-11)15-20-16-13(17(23)21-15)10-19-22(16)12-6-8-24-9-7-12/h1-5,10,12,14-15,20H,6-9H2,(H,21,23). The highest BCUT2D eigenvalue weighted by atomic mass is 19.1. The molecule has 1 amide bonds. The summed E-state index contributed by atoms with van der Waals surface area (Å²) in [6.07, 6.45) is 1.04. The average molecular weight is 330 g/mol. The Morgan fingerprint density at radius 3 is 2.71 bits per heavy atom. The molecule has 7 heteroatoms. The fraction of sp³-hybridized carbons (Fsp3) is 0.412. The van der Waals surface area contributed by atoms with Gasteiger partial charge in [0.25, 0.3) is 5.91 Å². The van der Waals surface area contributed by atoms with E-state index < -0.39 is 12.3 Å². The molecule has 2 aliphatic rings. The first-order valence-corrected chi connectivity index (χ1v) is 8.15. The van der Waals surface area contributed by atoms with Gasteiger partial charge in [-0.25, -0.2) is 9.07 Å². The van der Waals surface area contributed by atoms with Gasteiger partial charge in [0, 0.05) is 13.2 Å². The zero-order chi connectivity index (χ0) is 16.5. The smallest absolute Gasteiger partial charge is 0.258 e. The second-order valence-electron chi connectivity index (χ2n) is 6.10. The fourth-order valence-electron chi connectivity index (χ4n) is 3.26. The predicted molar refractivity (Wildman–Crippen MR) is 86.5 cm³/mol. The molecule has 126 valence electrons. The van der Waals surface area contributed by atoms with Gasteiger partial charge in [-0.15, -0.1) is 0 Å². The summed E-state index contributed by atoms with van der Waals surface area (Å²) in [6.45, 7) is 1.34. The molecule has 0 radical (unpaired) electrons. The molecule has 4 rings (SSSR count). The van der Waals surface area contributed by atoms with Gasteiger partial charge in [0.1, 0.15) is 17.5 Å². The van der Waals surface area contributed by atoms with E-state index in [-0.39, 0.29) is 11.9 Å². The Labute approximate surface area is 139 Å². The van der Waals surface area contributed by atoms with E-state index >= 15 is 0 Å². The lowest BCUT2D eigenvalue weighted by Gasteiger charge is -2.31. The van der Waals surface area contributed by atoms with Crippen LogP contribution in [0.15, 0.2) is 36.5 Å². The van der Waals surface area contributed by atoms with Gasteiger partial charge in [-0.2, -0.15) is 5.10 Å². The van der Waals surface area contributed by atoms with Crippen LogP contribution >= 0.6 is 0 Å². The summed E-state index contributed by atoms with van der Waals surface area (Å²) in [7, 11) is 0. The minimum absolute atomic E-state index is 0.163. The predicted octanol–water partition coefficient (Wildman–Crippen LogP) is 2.43. The summed E-state index contributed by atoms with van der Waals surface area (Å²) >= 11 is 0. The largest absolute Gasteiger partial charge is 0.381 e. The van der Waals surface area contributed by atoms with Crippen molar-refractivity contribution in [3.8, 4) is 0 Å². The van der Waals surface area contributed by atoms with E-state index in [0.717, 1.165) is 12.8 Å². The minimum atomic E-state index is -1.35. The molecule has 2 unspecified atom stereocenters. The van der Waals surface area contributed by atoms with Gasteiger partial charge in [-0.05, 0) is 18.4 Å². The number of nitrogens with one attached hydrogen (secondary N) is 2. The molecular weight excluding hydrogens is 311 g/mol. The van der Waals surface area contributed by atoms with E-state index in [1.807, 2.05) is 6.07 Å². The molecule has 0 spiro atoms. The van der Waals surface area contributed by atoms with Gasteiger partial charge in [0.05, 0.1) is 12.2 Å². The summed E-state index contributed by atoms with van der Waals surface area (Å²) in [6, 6.07) is 8.99. The van der Waals surface area contributed by atoms with Crippen LogP contribution in [0.5, 0.6) is 0 Å². The fourth-order valence-corrected chi connectivity index (χ4v) is 3.26. The number of carbonyl (C=O) groups is 1. The van der Waals surface area contributed by atoms with Gasteiger partial charge >= 0.3 is 0 Å². The molecule has 2 aromatic rings. The molecule has 1 aromatic carbocycles. The lowest BCUT2D eigenvalue weighted by molar-refractivity contribution is 0.0665. The molecule has 2 atom stereocenters. The molecule has 0 aliphatic carbocycles. The molecule has 0 saturated carbocycles. The minimum Gasteiger partial charge on any atom is -0.381 e. The Kier molecular flexibility index (Phi) is 3.93. The zero-order valence-electron chi connectivity index (χ0n) is 13.1. The van der Waals surface area contributed by atoms with Crippen LogP contribution in [0.1, 0.15) is 41.0 Å². The van der Waals surface area contributed by atoms with Crippen LogP contribution in [0.3, 0.4) is 0 Å². The topological polar surface area (TPSA) is 68.2 Å². The van der Waals surface area contributed by atoms with Gasteiger partial charge < -0.3 is 15.4 Å². The Balaban J connectivity index is 1.61. The maximum atomic E-state index is 14.8. The Bertz CT molecular complexity index is 727. The number of rotatable bonds is 3. The lowest BCUT2D eigenvalue weighted by Crippen LogP contribution is -2.48. The summed E-state index contributed by atoms with van der Waals surface area (Å²) in [5.41, 5.74) is 0.980. The van der Waals surface area contributed by atoms with E-state index in [2.05, 4.69) is 15.7 Å². The summed E-state index contributed by atoms with van der Waals surface area (Å²) in [5, 5.41) is 10.2. The van der Waals surface area contributed by atoms with Gasteiger partial charge in [0.2, 0.25) is 0 Å². The van der Waals surface area contributed by atoms with Crippen LogP contribution in [0.4, 0.5) is 10.2 Å². The van der Waals surface area contributed by atoms with Gasteiger partial charge in [-0.3, -0.25) is 4.79 Å². The molecule has 1 saturated heterocycles. The number of nitrogens with zero attached hydrogens (tertiary/aromatic N) is 2. The van der Waals surface area contributed by atoms with Crippen molar-refractivity contribution in [2.75, 3.05) is 18.5 Å². The SMILES string of the molecule is O=C1NC(C(F)c2ccccc2)Nc2c1cnn2C1CCOCC1. The third-order valence-electron chi connectivity index (χ3n) is 4.57. The van der Waals surface area contributed by atoms with Crippen molar-refractivity contribution in [3.05, 3.63) is 47.7 Å². The maximum Gasteiger partial charge on any atom is 0.258 e. The van der Waals surface area contributed by atoms with E-state index in [1.54, 1.807) is 35.1 Å². The number of ether oxygens (including phenoxy) is 1. The third kappa shape index (κ3) is 2.65.